The van der Waals surface area contributed by atoms with Crippen LogP contribution < -0.4 is 0 Å². The third-order valence-electron chi connectivity index (χ3n) is 10.6. The summed E-state index contributed by atoms with van der Waals surface area (Å²) in [6.07, 6.45) is 70.1. The summed E-state index contributed by atoms with van der Waals surface area (Å²) < 4.78 is 17.3. The molecule has 0 aliphatic heterocycles. The summed E-state index contributed by atoms with van der Waals surface area (Å²) >= 11 is 0. The molecule has 1 atom stereocenters. The third-order valence-corrected chi connectivity index (χ3v) is 10.6. The average molecular weight is 861 g/mol. The van der Waals surface area contributed by atoms with E-state index in [-0.39, 0.29) is 31.6 Å². The van der Waals surface area contributed by atoms with Crippen molar-refractivity contribution in [2.45, 2.75) is 232 Å². The number of hydrogen-bond donors (Lipinski definition) is 0. The van der Waals surface area contributed by atoms with Crippen LogP contribution in [0.1, 0.15) is 226 Å². The molecule has 0 heterocycles. The second kappa shape index (κ2) is 52.2. The zero-order valence-corrected chi connectivity index (χ0v) is 40.6. The maximum Gasteiger partial charge on any atom is 0.310 e. The zero-order valence-electron chi connectivity index (χ0n) is 40.6. The van der Waals surface area contributed by atoms with E-state index in [1.165, 1.54) is 103 Å². The predicted molar refractivity (Wildman–Crippen MR) is 270 cm³/mol. The minimum absolute atomic E-state index is 0.0377. The lowest BCUT2D eigenvalue weighted by atomic mass is 10.0. The van der Waals surface area contributed by atoms with Crippen molar-refractivity contribution < 1.29 is 23.8 Å². The molecule has 0 rings (SSSR count). The number of esters is 2. The van der Waals surface area contributed by atoms with E-state index < -0.39 is 6.10 Å². The van der Waals surface area contributed by atoms with Crippen LogP contribution in [0.4, 0.5) is 0 Å². The van der Waals surface area contributed by atoms with E-state index in [1.54, 1.807) is 0 Å². The Hall–Kier alpha value is -3.18. The minimum Gasteiger partial charge on any atom is -0.462 e. The van der Waals surface area contributed by atoms with Crippen LogP contribution in [0.2, 0.25) is 0 Å². The number of rotatable bonds is 46. The van der Waals surface area contributed by atoms with Crippen molar-refractivity contribution in [1.82, 2.24) is 0 Å². The van der Waals surface area contributed by atoms with Crippen molar-refractivity contribution in [2.24, 2.45) is 0 Å². The molecule has 0 spiro atoms. The van der Waals surface area contributed by atoms with Crippen molar-refractivity contribution in [3.63, 3.8) is 0 Å². The third kappa shape index (κ3) is 49.5. The molecule has 5 heteroatoms. The Morgan fingerprint density at radius 1 is 0.387 bits per heavy atom. The number of ether oxygens (including phenoxy) is 3. The molecule has 5 nitrogen and oxygen atoms in total. The van der Waals surface area contributed by atoms with Crippen LogP contribution in [0, 0.1) is 0 Å². The molecule has 0 aromatic heterocycles. The molecule has 0 bridgehead atoms. The normalized spacial score (nSPS) is 13.0. The fourth-order valence-corrected chi connectivity index (χ4v) is 6.89. The minimum atomic E-state index is -0.597. The molecule has 0 aromatic rings. The van der Waals surface area contributed by atoms with Crippen LogP contribution in [0.5, 0.6) is 0 Å². The maximum atomic E-state index is 12.7. The summed E-state index contributed by atoms with van der Waals surface area (Å²) in [5, 5.41) is 0. The average Bonchev–Trinajstić information content (AvgIpc) is 3.27. The monoisotopic (exact) mass is 861 g/mol. The lowest BCUT2D eigenvalue weighted by Gasteiger charge is -2.18. The van der Waals surface area contributed by atoms with Crippen LogP contribution in [0.3, 0.4) is 0 Å². The fraction of sp³-hybridized carbons (Fsp3) is 0.684. The molecule has 1 unspecified atom stereocenters. The van der Waals surface area contributed by atoms with E-state index in [1.807, 2.05) is 12.2 Å². The summed E-state index contributed by atoms with van der Waals surface area (Å²) in [4.78, 5) is 25.3. The second-order valence-electron chi connectivity index (χ2n) is 16.7. The van der Waals surface area contributed by atoms with Gasteiger partial charge in [0.05, 0.1) is 13.0 Å². The van der Waals surface area contributed by atoms with Crippen LogP contribution in [0.25, 0.3) is 0 Å². The molecule has 0 N–H and O–H groups in total. The highest BCUT2D eigenvalue weighted by Crippen LogP contribution is 2.14. The fourth-order valence-electron chi connectivity index (χ4n) is 6.89. The molecule has 0 aromatic carbocycles. The Balaban J connectivity index is 4.40. The summed E-state index contributed by atoms with van der Waals surface area (Å²) in [5.74, 6) is -0.554. The van der Waals surface area contributed by atoms with Crippen molar-refractivity contribution >= 4 is 11.9 Å². The van der Waals surface area contributed by atoms with Gasteiger partial charge in [-0.25, -0.2) is 0 Å². The second-order valence-corrected chi connectivity index (χ2v) is 16.7. The van der Waals surface area contributed by atoms with Crippen LogP contribution in [0.15, 0.2) is 97.2 Å². The van der Waals surface area contributed by atoms with Gasteiger partial charge in [-0.05, 0) is 77.0 Å². The predicted octanol–water partition coefficient (Wildman–Crippen LogP) is 17.5. The zero-order chi connectivity index (χ0) is 44.9. The van der Waals surface area contributed by atoms with Gasteiger partial charge in [0.2, 0.25) is 0 Å². The van der Waals surface area contributed by atoms with E-state index >= 15 is 0 Å². The summed E-state index contributed by atoms with van der Waals surface area (Å²) in [7, 11) is 0. The smallest absolute Gasteiger partial charge is 0.310 e. The van der Waals surface area contributed by atoms with Gasteiger partial charge in [0, 0.05) is 13.0 Å². The van der Waals surface area contributed by atoms with Gasteiger partial charge in [-0.3, -0.25) is 9.59 Å². The quantitative estimate of drug-likeness (QED) is 0.0347. The van der Waals surface area contributed by atoms with Gasteiger partial charge in [-0.15, -0.1) is 0 Å². The molecule has 354 valence electrons. The molecule has 0 aliphatic carbocycles. The first kappa shape index (κ1) is 58.8. The van der Waals surface area contributed by atoms with E-state index in [0.717, 1.165) is 89.9 Å². The molecular formula is C57H96O5. The largest absolute Gasteiger partial charge is 0.462 e. The summed E-state index contributed by atoms with van der Waals surface area (Å²) in [6.45, 7) is 7.50. The lowest BCUT2D eigenvalue weighted by Crippen LogP contribution is -2.29. The highest BCUT2D eigenvalue weighted by Gasteiger charge is 2.17. The molecule has 0 fully saturated rings. The van der Waals surface area contributed by atoms with E-state index in [2.05, 4.69) is 106 Å². The Labute approximate surface area is 383 Å². The van der Waals surface area contributed by atoms with Crippen LogP contribution in [-0.4, -0.2) is 37.9 Å². The maximum absolute atomic E-state index is 12.7. The molecule has 62 heavy (non-hydrogen) atoms. The number of hydrogen-bond acceptors (Lipinski definition) is 5. The molecule has 0 saturated heterocycles. The van der Waals surface area contributed by atoms with Gasteiger partial charge in [-0.1, -0.05) is 234 Å². The Morgan fingerprint density at radius 3 is 1.24 bits per heavy atom. The topological polar surface area (TPSA) is 61.8 Å². The summed E-state index contributed by atoms with van der Waals surface area (Å²) in [6, 6.07) is 0. The molecular weight excluding hydrogens is 765 g/mol. The SMILES string of the molecule is CC/C=C\C/C=C\C/C=C\C/C=C\C/C=C\CC(=O)OC(COCCCCCCCCCCCCCCCC)COC(=O)CCCCCCCCC/C=C\C/C=C\C/C=C\CC. The number of unbranched alkanes of at least 4 members (excludes halogenated alkanes) is 20. The van der Waals surface area contributed by atoms with E-state index in [9.17, 15) is 9.59 Å². The summed E-state index contributed by atoms with van der Waals surface area (Å²) in [5.41, 5.74) is 0. The van der Waals surface area contributed by atoms with Crippen LogP contribution >= 0.6 is 0 Å². The number of carbonyl (C=O) groups is 2. The van der Waals surface area contributed by atoms with Gasteiger partial charge >= 0.3 is 11.9 Å². The van der Waals surface area contributed by atoms with Crippen LogP contribution in [-0.2, 0) is 23.8 Å². The van der Waals surface area contributed by atoms with Gasteiger partial charge in [0.1, 0.15) is 6.61 Å². The highest BCUT2D eigenvalue weighted by atomic mass is 16.6. The molecule has 0 aliphatic rings. The van der Waals surface area contributed by atoms with E-state index in [4.69, 9.17) is 14.2 Å². The van der Waals surface area contributed by atoms with Gasteiger partial charge < -0.3 is 14.2 Å². The van der Waals surface area contributed by atoms with Gasteiger partial charge in [0.25, 0.3) is 0 Å². The Bertz CT molecular complexity index is 1200. The van der Waals surface area contributed by atoms with Crippen molar-refractivity contribution in [2.75, 3.05) is 19.8 Å². The first-order valence-electron chi connectivity index (χ1n) is 25.8. The van der Waals surface area contributed by atoms with Crippen molar-refractivity contribution in [3.05, 3.63) is 97.2 Å². The standard InChI is InChI=1S/C57H96O5/c1-4-7-10-13-16-19-22-25-28-29-31-32-35-38-41-44-47-50-56(58)61-54-55(53-60-52-49-46-43-40-37-34-27-24-21-18-15-12-9-6-3)62-57(59)51-48-45-42-39-36-33-30-26-23-20-17-14-11-8-5-2/h7-8,10-11,16-17,19-20,25-26,28,30,36,39,45,48,55H,4-6,9,12-15,18,21-24,27,29,31-35,37-38,40-44,46-47,49-54H2,1-3H3/b10-7-,11-8-,19-16-,20-17-,28-25-,30-26-,39-36-,48-45-. The van der Waals surface area contributed by atoms with Crippen molar-refractivity contribution in [1.29, 1.82) is 0 Å². The number of allylic oxidation sites excluding steroid dienone is 15. The Morgan fingerprint density at radius 2 is 0.774 bits per heavy atom. The van der Waals surface area contributed by atoms with Crippen molar-refractivity contribution in [3.8, 4) is 0 Å². The molecule has 0 saturated carbocycles. The lowest BCUT2D eigenvalue weighted by molar-refractivity contribution is -0.162. The number of carbonyl (C=O) groups excluding carboxylic acids is 2. The molecule has 0 radical (unpaired) electrons. The highest BCUT2D eigenvalue weighted by molar-refractivity contribution is 5.71. The first-order chi connectivity index (χ1) is 30.6. The first-order valence-corrected chi connectivity index (χ1v) is 25.8. The van der Waals surface area contributed by atoms with Gasteiger partial charge in [0.15, 0.2) is 6.10 Å². The Kier molecular flexibility index (Phi) is 49.5. The van der Waals surface area contributed by atoms with Gasteiger partial charge in [-0.2, -0.15) is 0 Å². The van der Waals surface area contributed by atoms with E-state index in [0.29, 0.717) is 13.0 Å². The molecule has 0 amide bonds.